The molecule has 112 valence electrons. The van der Waals surface area contributed by atoms with Crippen LogP contribution in [-0.4, -0.2) is 29.1 Å². The Kier molecular flexibility index (Phi) is 3.92. The van der Waals surface area contributed by atoms with E-state index in [4.69, 9.17) is 5.11 Å². The van der Waals surface area contributed by atoms with Crippen molar-refractivity contribution >= 4 is 11.9 Å². The minimum atomic E-state index is -0.753. The molecule has 0 radical (unpaired) electrons. The predicted molar refractivity (Wildman–Crippen MR) is 77.7 cm³/mol. The summed E-state index contributed by atoms with van der Waals surface area (Å²) < 4.78 is 0. The second kappa shape index (κ2) is 5.85. The van der Waals surface area contributed by atoms with Gasteiger partial charge >= 0.3 is 5.97 Å². The lowest BCUT2D eigenvalue weighted by molar-refractivity contribution is -0.141. The van der Waals surface area contributed by atoms with E-state index in [0.29, 0.717) is 25.8 Å². The molecule has 0 spiro atoms. The smallest absolute Gasteiger partial charge is 0.306 e. The fourth-order valence-electron chi connectivity index (χ4n) is 3.28. The number of rotatable bonds is 3. The van der Waals surface area contributed by atoms with E-state index in [0.717, 1.165) is 6.42 Å². The number of hydrogen-bond donors (Lipinski definition) is 3. The van der Waals surface area contributed by atoms with Crippen LogP contribution in [0.3, 0.4) is 0 Å². The monoisotopic (exact) mass is 288 g/mol. The van der Waals surface area contributed by atoms with Crippen molar-refractivity contribution in [2.45, 2.75) is 44.3 Å². The summed E-state index contributed by atoms with van der Waals surface area (Å²) in [7, 11) is 0. The van der Waals surface area contributed by atoms with Crippen molar-refractivity contribution in [3.63, 3.8) is 0 Å². The van der Waals surface area contributed by atoms with Gasteiger partial charge in [-0.05, 0) is 36.8 Å². The zero-order valence-electron chi connectivity index (χ0n) is 11.8. The number of aliphatic carboxylic acids is 1. The van der Waals surface area contributed by atoms with Gasteiger partial charge in [0.25, 0.3) is 0 Å². The number of amides is 1. The molecule has 3 rings (SSSR count). The van der Waals surface area contributed by atoms with Gasteiger partial charge in [-0.3, -0.25) is 9.59 Å². The largest absolute Gasteiger partial charge is 0.481 e. The van der Waals surface area contributed by atoms with E-state index < -0.39 is 5.97 Å². The molecule has 0 saturated heterocycles. The van der Waals surface area contributed by atoms with Gasteiger partial charge in [0, 0.05) is 12.6 Å². The van der Waals surface area contributed by atoms with Crippen LogP contribution in [0.4, 0.5) is 0 Å². The Morgan fingerprint density at radius 1 is 1.19 bits per heavy atom. The second-order valence-electron chi connectivity index (χ2n) is 5.96. The molecule has 1 saturated carbocycles. The summed E-state index contributed by atoms with van der Waals surface area (Å²) in [6, 6.07) is 7.91. The molecule has 0 bridgehead atoms. The van der Waals surface area contributed by atoms with Gasteiger partial charge in [0.1, 0.15) is 0 Å². The highest BCUT2D eigenvalue weighted by molar-refractivity contribution is 5.83. The number of carboxylic acid groups (broad SMARTS) is 1. The lowest BCUT2D eigenvalue weighted by Gasteiger charge is -2.26. The topological polar surface area (TPSA) is 78.4 Å². The molecule has 1 aromatic rings. The minimum absolute atomic E-state index is 0.00225. The van der Waals surface area contributed by atoms with E-state index >= 15 is 0 Å². The molecule has 1 amide bonds. The fourth-order valence-corrected chi connectivity index (χ4v) is 3.28. The van der Waals surface area contributed by atoms with Crippen molar-refractivity contribution in [2.24, 2.45) is 5.92 Å². The normalized spacial score (nSPS) is 27.9. The third-order valence-electron chi connectivity index (χ3n) is 4.53. The Bertz CT molecular complexity index is 558. The van der Waals surface area contributed by atoms with Crippen molar-refractivity contribution in [1.29, 1.82) is 0 Å². The fraction of sp³-hybridized carbons (Fsp3) is 0.500. The number of fused-ring (bicyclic) bond motifs is 1. The zero-order valence-corrected chi connectivity index (χ0v) is 11.8. The first-order valence-electron chi connectivity index (χ1n) is 7.47. The minimum Gasteiger partial charge on any atom is -0.481 e. The molecule has 3 N–H and O–H groups in total. The maximum atomic E-state index is 12.3. The Morgan fingerprint density at radius 3 is 2.67 bits per heavy atom. The van der Waals surface area contributed by atoms with Gasteiger partial charge < -0.3 is 15.7 Å². The number of carbonyl (C=O) groups is 2. The average Bonchev–Trinajstić information content (AvgIpc) is 2.95. The van der Waals surface area contributed by atoms with Crippen LogP contribution < -0.4 is 10.6 Å². The van der Waals surface area contributed by atoms with Crippen molar-refractivity contribution in [3.05, 3.63) is 35.4 Å². The average molecular weight is 288 g/mol. The molecule has 1 aliphatic heterocycles. The van der Waals surface area contributed by atoms with Crippen molar-refractivity contribution < 1.29 is 14.7 Å². The van der Waals surface area contributed by atoms with Crippen LogP contribution in [0.25, 0.3) is 0 Å². The molecule has 1 fully saturated rings. The summed E-state index contributed by atoms with van der Waals surface area (Å²) in [5, 5.41) is 15.3. The molecular formula is C16H20N2O3. The van der Waals surface area contributed by atoms with Crippen LogP contribution in [0.2, 0.25) is 0 Å². The highest BCUT2D eigenvalue weighted by atomic mass is 16.4. The summed E-state index contributed by atoms with van der Waals surface area (Å²) in [5.74, 6) is -1.08. The highest BCUT2D eigenvalue weighted by Gasteiger charge is 2.32. The van der Waals surface area contributed by atoms with Crippen molar-refractivity contribution in [2.75, 3.05) is 0 Å². The number of hydrogen-bond acceptors (Lipinski definition) is 3. The Morgan fingerprint density at radius 2 is 1.95 bits per heavy atom. The van der Waals surface area contributed by atoms with Crippen LogP contribution in [0.15, 0.2) is 24.3 Å². The standard InChI is InChI=1S/C16H20N2O3/c19-15(18-13-6-5-11(7-13)16(20)21)14-8-10-3-1-2-4-12(10)9-17-14/h1-4,11,13-14,17H,5-9H2,(H,18,19)(H,20,21)/t11?,13?,14-/m0/s1. The quantitative estimate of drug-likeness (QED) is 0.777. The highest BCUT2D eigenvalue weighted by Crippen LogP contribution is 2.26. The van der Waals surface area contributed by atoms with Gasteiger partial charge in [0.05, 0.1) is 12.0 Å². The number of nitrogens with one attached hydrogen (secondary N) is 2. The van der Waals surface area contributed by atoms with E-state index in [9.17, 15) is 9.59 Å². The van der Waals surface area contributed by atoms with Gasteiger partial charge in [-0.25, -0.2) is 0 Å². The second-order valence-corrected chi connectivity index (χ2v) is 5.96. The maximum absolute atomic E-state index is 12.3. The summed E-state index contributed by atoms with van der Waals surface area (Å²) in [5.41, 5.74) is 2.46. The number of carbonyl (C=O) groups excluding carboxylic acids is 1. The predicted octanol–water partition coefficient (Wildman–Crippen LogP) is 1.07. The molecule has 2 unspecified atom stereocenters. The molecule has 2 aliphatic rings. The number of carboxylic acids is 1. The van der Waals surface area contributed by atoms with Crippen LogP contribution in [-0.2, 0) is 22.6 Å². The van der Waals surface area contributed by atoms with Crippen LogP contribution in [0, 0.1) is 5.92 Å². The molecule has 21 heavy (non-hydrogen) atoms. The SMILES string of the molecule is O=C(O)C1CCC(NC(=O)[C@@H]2Cc3ccccc3CN2)C1. The van der Waals surface area contributed by atoms with E-state index in [-0.39, 0.29) is 23.9 Å². The van der Waals surface area contributed by atoms with Crippen LogP contribution >= 0.6 is 0 Å². The first kappa shape index (κ1) is 14.1. The third kappa shape index (κ3) is 3.08. The van der Waals surface area contributed by atoms with Crippen LogP contribution in [0.1, 0.15) is 30.4 Å². The lowest BCUT2D eigenvalue weighted by Crippen LogP contribution is -2.50. The Balaban J connectivity index is 1.57. The van der Waals surface area contributed by atoms with E-state index in [1.165, 1.54) is 11.1 Å². The van der Waals surface area contributed by atoms with E-state index in [1.807, 2.05) is 12.1 Å². The van der Waals surface area contributed by atoms with E-state index in [2.05, 4.69) is 22.8 Å². The molecule has 1 aliphatic carbocycles. The van der Waals surface area contributed by atoms with Gasteiger partial charge in [-0.1, -0.05) is 24.3 Å². The van der Waals surface area contributed by atoms with Gasteiger partial charge in [0.2, 0.25) is 5.91 Å². The Labute approximate surface area is 123 Å². The summed E-state index contributed by atoms with van der Waals surface area (Å²) in [4.78, 5) is 23.3. The van der Waals surface area contributed by atoms with E-state index in [1.54, 1.807) is 0 Å². The third-order valence-corrected chi connectivity index (χ3v) is 4.53. The first-order chi connectivity index (χ1) is 10.1. The first-order valence-corrected chi connectivity index (χ1v) is 7.47. The van der Waals surface area contributed by atoms with Crippen molar-refractivity contribution in [1.82, 2.24) is 10.6 Å². The molecule has 1 aromatic carbocycles. The van der Waals surface area contributed by atoms with Gasteiger partial charge in [-0.15, -0.1) is 0 Å². The lowest BCUT2D eigenvalue weighted by atomic mass is 9.95. The molecule has 5 nitrogen and oxygen atoms in total. The maximum Gasteiger partial charge on any atom is 0.306 e. The zero-order chi connectivity index (χ0) is 14.8. The molecule has 5 heteroatoms. The molecule has 3 atom stereocenters. The van der Waals surface area contributed by atoms with Gasteiger partial charge in [-0.2, -0.15) is 0 Å². The summed E-state index contributed by atoms with van der Waals surface area (Å²) in [6.45, 7) is 0.705. The summed E-state index contributed by atoms with van der Waals surface area (Å²) >= 11 is 0. The Hall–Kier alpha value is -1.88. The number of benzene rings is 1. The molecule has 0 aromatic heterocycles. The van der Waals surface area contributed by atoms with Crippen molar-refractivity contribution in [3.8, 4) is 0 Å². The van der Waals surface area contributed by atoms with Crippen LogP contribution in [0.5, 0.6) is 0 Å². The molecular weight excluding hydrogens is 268 g/mol. The molecule has 1 heterocycles. The van der Waals surface area contributed by atoms with Gasteiger partial charge in [0.15, 0.2) is 0 Å². The summed E-state index contributed by atoms with van der Waals surface area (Å²) in [6.07, 6.45) is 2.65.